The lowest BCUT2D eigenvalue weighted by molar-refractivity contribution is -0.155. The highest BCUT2D eigenvalue weighted by atomic mass is 16.5. The van der Waals surface area contributed by atoms with Crippen LogP contribution in [0.15, 0.2) is 54.7 Å². The maximum Gasteiger partial charge on any atom is 0.324 e. The van der Waals surface area contributed by atoms with Gasteiger partial charge in [-0.15, -0.1) is 0 Å². The highest BCUT2D eigenvalue weighted by Gasteiger charge is 2.37. The number of esters is 1. The van der Waals surface area contributed by atoms with Gasteiger partial charge in [0, 0.05) is 54.7 Å². The molecule has 3 aliphatic rings. The number of cyclic esters (lactones) is 1. The smallest absolute Gasteiger partial charge is 0.324 e. The first-order chi connectivity index (χ1) is 27.4. The number of fused-ring (bicyclic) bond motifs is 6. The summed E-state index contributed by atoms with van der Waals surface area (Å²) in [5.41, 5.74) is 10.1. The molecule has 0 spiro atoms. The van der Waals surface area contributed by atoms with Crippen LogP contribution in [0.5, 0.6) is 5.75 Å². The molecular weight excluding hydrogens is 721 g/mol. The zero-order chi connectivity index (χ0) is 40.4. The number of nitrogens with one attached hydrogen (secondary N) is 3. The summed E-state index contributed by atoms with van der Waals surface area (Å²) < 4.78 is 14.2. The Balaban J connectivity index is 1.37. The first-order valence-electron chi connectivity index (χ1n) is 20.6. The molecule has 0 unspecified atom stereocenters. The molecule has 0 radical (unpaired) electrons. The van der Waals surface area contributed by atoms with Crippen molar-refractivity contribution in [2.75, 3.05) is 27.3 Å². The van der Waals surface area contributed by atoms with Gasteiger partial charge in [0.15, 0.2) is 0 Å². The number of hydrazine groups is 1. The number of methoxy groups -OCH3 is 1. The van der Waals surface area contributed by atoms with Gasteiger partial charge in [0.2, 0.25) is 5.91 Å². The molecule has 2 amide bonds. The number of likely N-dealkylation sites (N-methyl/N-ethyl adjacent to an activating group) is 1. The van der Waals surface area contributed by atoms with Gasteiger partial charge in [-0.1, -0.05) is 38.8 Å². The second-order valence-electron chi connectivity index (χ2n) is 16.8. The van der Waals surface area contributed by atoms with E-state index in [2.05, 4.69) is 65.7 Å². The maximum absolute atomic E-state index is 14.4. The summed E-state index contributed by atoms with van der Waals surface area (Å²) in [6, 6.07) is 13.7. The monoisotopic (exact) mass is 778 g/mol. The predicted octanol–water partition coefficient (Wildman–Crippen LogP) is 6.23. The molecule has 7 rings (SSSR count). The Morgan fingerprint density at radius 1 is 1.09 bits per heavy atom. The second kappa shape index (κ2) is 17.0. The van der Waals surface area contributed by atoms with Gasteiger partial charge in [0.05, 0.1) is 30.1 Å². The van der Waals surface area contributed by atoms with Gasteiger partial charge in [0.25, 0.3) is 5.91 Å². The number of aryl methyl sites for hydroxylation is 1. The van der Waals surface area contributed by atoms with E-state index in [-0.39, 0.29) is 42.6 Å². The molecule has 57 heavy (non-hydrogen) atoms. The van der Waals surface area contributed by atoms with E-state index < -0.39 is 29.5 Å². The highest BCUT2D eigenvalue weighted by Crippen LogP contribution is 2.42. The van der Waals surface area contributed by atoms with Crippen molar-refractivity contribution < 1.29 is 29.0 Å². The van der Waals surface area contributed by atoms with Crippen molar-refractivity contribution in [3.8, 4) is 28.1 Å². The summed E-state index contributed by atoms with van der Waals surface area (Å²) in [4.78, 5) is 46.9. The van der Waals surface area contributed by atoms with E-state index in [9.17, 15) is 19.5 Å². The van der Waals surface area contributed by atoms with E-state index in [4.69, 9.17) is 14.5 Å². The largest absolute Gasteiger partial charge is 0.508 e. The van der Waals surface area contributed by atoms with Crippen molar-refractivity contribution in [3.63, 3.8) is 0 Å². The van der Waals surface area contributed by atoms with Crippen LogP contribution in [-0.2, 0) is 43.2 Å². The fraction of sp³-hybridized carbons (Fsp3) is 0.511. The number of pyridine rings is 1. The zero-order valence-electron chi connectivity index (χ0n) is 34.2. The Morgan fingerprint density at radius 2 is 1.88 bits per heavy atom. The van der Waals surface area contributed by atoms with Crippen molar-refractivity contribution in [2.24, 2.45) is 11.3 Å². The predicted molar refractivity (Wildman–Crippen MR) is 220 cm³/mol. The Kier molecular flexibility index (Phi) is 12.0. The number of nitrogens with zero attached hydrogens (tertiary/aromatic N) is 3. The van der Waals surface area contributed by atoms with Gasteiger partial charge in [-0.25, -0.2) is 5.43 Å². The number of phenolic OH excluding ortho intramolecular Hbond substituents is 1. The topological polar surface area (TPSA) is 147 Å². The third kappa shape index (κ3) is 8.44. The van der Waals surface area contributed by atoms with Crippen LogP contribution >= 0.6 is 0 Å². The number of aromatic nitrogens is 2. The molecule has 2 aliphatic heterocycles. The molecular formula is C45H58N6O6. The first kappa shape index (κ1) is 40.4. The molecule has 12 nitrogen and oxygen atoms in total. The van der Waals surface area contributed by atoms with Crippen LogP contribution in [0.1, 0.15) is 89.1 Å². The summed E-state index contributed by atoms with van der Waals surface area (Å²) in [5.74, 6) is -0.742. The fourth-order valence-corrected chi connectivity index (χ4v) is 9.20. The van der Waals surface area contributed by atoms with Crippen LogP contribution in [0.3, 0.4) is 0 Å². The van der Waals surface area contributed by atoms with Crippen molar-refractivity contribution >= 4 is 28.7 Å². The number of hydrogen-bond acceptors (Lipinski definition) is 9. The van der Waals surface area contributed by atoms with E-state index in [1.807, 2.05) is 19.1 Å². The van der Waals surface area contributed by atoms with Crippen molar-refractivity contribution in [2.45, 2.75) is 110 Å². The van der Waals surface area contributed by atoms with E-state index in [1.54, 1.807) is 32.5 Å². The number of carbonyl (C=O) groups is 3. The minimum atomic E-state index is -0.956. The van der Waals surface area contributed by atoms with Gasteiger partial charge < -0.3 is 29.8 Å². The van der Waals surface area contributed by atoms with E-state index in [0.29, 0.717) is 37.9 Å². The van der Waals surface area contributed by atoms with Crippen molar-refractivity contribution in [3.05, 3.63) is 71.5 Å². The van der Waals surface area contributed by atoms with Gasteiger partial charge in [-0.3, -0.25) is 24.4 Å². The summed E-state index contributed by atoms with van der Waals surface area (Å²) in [7, 11) is 3.48. The maximum atomic E-state index is 14.4. The van der Waals surface area contributed by atoms with Gasteiger partial charge in [0.1, 0.15) is 17.8 Å². The van der Waals surface area contributed by atoms with E-state index in [1.165, 1.54) is 5.01 Å². The molecule has 1 saturated heterocycles. The average molecular weight is 779 g/mol. The number of phenols is 1. The zero-order valence-corrected chi connectivity index (χ0v) is 34.2. The summed E-state index contributed by atoms with van der Waals surface area (Å²) in [5, 5.41) is 20.0. The van der Waals surface area contributed by atoms with E-state index in [0.717, 1.165) is 70.2 Å². The fourth-order valence-electron chi connectivity index (χ4n) is 9.20. The molecule has 4 atom stereocenters. The third-order valence-corrected chi connectivity index (χ3v) is 12.1. The SMILES string of the molecule is CCn1c(-c2cccnc2[C@H](C)OC)c2c3cc(ccc31)-c1cc(O)cc(c1)C[C@H](NC(=O)[C@@H](NC)C1CCCC1)C(=O)N1CCC[C@H](N1)C(=O)OCC(C)(C)C2. The first-order valence-corrected chi connectivity index (χ1v) is 20.6. The van der Waals surface area contributed by atoms with Crippen LogP contribution in [0, 0.1) is 11.3 Å². The molecule has 12 heteroatoms. The summed E-state index contributed by atoms with van der Waals surface area (Å²) in [6.07, 6.45) is 7.42. The molecule has 6 bridgehead atoms. The molecule has 4 N–H and O–H groups in total. The lowest BCUT2D eigenvalue weighted by Gasteiger charge is -2.36. The number of amides is 2. The van der Waals surface area contributed by atoms with Gasteiger partial charge >= 0.3 is 5.97 Å². The third-order valence-electron chi connectivity index (χ3n) is 12.1. The van der Waals surface area contributed by atoms with Crippen molar-refractivity contribution in [1.82, 2.24) is 30.6 Å². The number of carbonyl (C=O) groups excluding carboxylic acids is 3. The summed E-state index contributed by atoms with van der Waals surface area (Å²) in [6.45, 7) is 9.58. The van der Waals surface area contributed by atoms with Crippen LogP contribution < -0.4 is 16.1 Å². The number of aromatic hydroxyl groups is 1. The number of rotatable bonds is 8. The number of benzene rings is 2. The Bertz CT molecular complexity index is 2120. The molecule has 4 heterocycles. The average Bonchev–Trinajstić information content (AvgIpc) is 3.85. The van der Waals surface area contributed by atoms with Gasteiger partial charge in [-0.05, 0) is 118 Å². The van der Waals surface area contributed by atoms with Crippen LogP contribution in [0.4, 0.5) is 0 Å². The number of hydrogen-bond donors (Lipinski definition) is 4. The normalized spacial score (nSPS) is 21.5. The molecule has 2 fully saturated rings. The van der Waals surface area contributed by atoms with Gasteiger partial charge in [-0.2, -0.15) is 0 Å². The molecule has 1 aliphatic carbocycles. The van der Waals surface area contributed by atoms with Crippen LogP contribution in [0.2, 0.25) is 0 Å². The molecule has 304 valence electrons. The molecule has 2 aromatic carbocycles. The van der Waals surface area contributed by atoms with Crippen molar-refractivity contribution in [1.29, 1.82) is 0 Å². The lowest BCUT2D eigenvalue weighted by Crippen LogP contribution is -2.61. The van der Waals surface area contributed by atoms with Crippen LogP contribution in [0.25, 0.3) is 33.3 Å². The molecule has 1 saturated carbocycles. The Hall–Kier alpha value is -4.78. The minimum Gasteiger partial charge on any atom is -0.508 e. The lowest BCUT2D eigenvalue weighted by atomic mass is 9.84. The highest BCUT2D eigenvalue weighted by molar-refractivity contribution is 5.95. The number of ether oxygens (including phenoxy) is 2. The minimum absolute atomic E-state index is 0.0641. The standard InChI is InChI=1S/C45H58N6O6/c1-7-50-38-17-16-30-24-34(38)35(41(50)33-14-10-18-47-39(33)27(2)56-6)25-45(3,4)26-57-44(55)36-15-11-19-51(49-36)43(54)37(22-28-20-31(30)23-32(52)21-28)48-42(53)40(46-5)29-12-8-9-13-29/h10,14,16-18,20-21,23-24,27,29,36-37,40,46,49,52H,7-9,11-13,15,19,22,25-26H2,1-6H3,(H,48,53)/t27-,36-,37-,40-/m0/s1. The second-order valence-corrected chi connectivity index (χ2v) is 16.8. The quantitative estimate of drug-likeness (QED) is 0.153. The van der Waals surface area contributed by atoms with E-state index >= 15 is 0 Å². The molecule has 2 aromatic heterocycles. The Labute approximate surface area is 335 Å². The Morgan fingerprint density at radius 3 is 2.61 bits per heavy atom. The summed E-state index contributed by atoms with van der Waals surface area (Å²) >= 11 is 0. The molecule has 4 aromatic rings. The van der Waals surface area contributed by atoms with Crippen LogP contribution in [-0.4, -0.2) is 82.9 Å².